The molecule has 4 heteroatoms. The van der Waals surface area contributed by atoms with Gasteiger partial charge in [-0.25, -0.2) is 4.79 Å². The predicted molar refractivity (Wildman–Crippen MR) is 67.3 cm³/mol. The van der Waals surface area contributed by atoms with Gasteiger partial charge >= 0.3 is 6.03 Å². The molecule has 4 N–H and O–H groups in total. The molecule has 0 aliphatic heterocycles. The van der Waals surface area contributed by atoms with Crippen molar-refractivity contribution < 1.29 is 4.79 Å². The molecule has 1 unspecified atom stereocenters. The number of urea groups is 1. The van der Waals surface area contributed by atoms with E-state index in [4.69, 9.17) is 5.73 Å². The second-order valence-electron chi connectivity index (χ2n) is 4.25. The number of hydrogen-bond donors (Lipinski definition) is 3. The third kappa shape index (κ3) is 3.81. The van der Waals surface area contributed by atoms with Gasteiger partial charge in [-0.1, -0.05) is 13.8 Å². The summed E-state index contributed by atoms with van der Waals surface area (Å²) in [5.74, 6) is 0.414. The lowest BCUT2D eigenvalue weighted by atomic mass is 10.1. The zero-order valence-electron chi connectivity index (χ0n) is 9.95. The molecule has 1 atom stereocenters. The van der Waals surface area contributed by atoms with Crippen molar-refractivity contribution in [2.45, 2.75) is 26.8 Å². The van der Waals surface area contributed by atoms with Crippen molar-refractivity contribution in [3.8, 4) is 0 Å². The fourth-order valence-electron chi connectivity index (χ4n) is 1.11. The molecule has 4 nitrogen and oxygen atoms in total. The first-order valence-corrected chi connectivity index (χ1v) is 5.42. The number of nitrogens with one attached hydrogen (secondary N) is 2. The van der Waals surface area contributed by atoms with Crippen molar-refractivity contribution in [3.63, 3.8) is 0 Å². The molecule has 0 spiro atoms. The molecule has 88 valence electrons. The maximum absolute atomic E-state index is 11.6. The molecular formula is C12H19N3O. The van der Waals surface area contributed by atoms with Crippen LogP contribution in [-0.2, 0) is 0 Å². The van der Waals surface area contributed by atoms with E-state index in [2.05, 4.69) is 24.5 Å². The molecule has 1 rings (SSSR count). The van der Waals surface area contributed by atoms with Gasteiger partial charge in [-0.3, -0.25) is 0 Å². The second-order valence-corrected chi connectivity index (χ2v) is 4.25. The smallest absolute Gasteiger partial charge is 0.319 e. The van der Waals surface area contributed by atoms with Gasteiger partial charge in [0.15, 0.2) is 0 Å². The average molecular weight is 221 g/mol. The molecule has 0 saturated carbocycles. The fraction of sp³-hybridized carbons (Fsp3) is 0.417. The van der Waals surface area contributed by atoms with Crippen molar-refractivity contribution in [1.29, 1.82) is 0 Å². The maximum atomic E-state index is 11.6. The number of benzene rings is 1. The van der Waals surface area contributed by atoms with Crippen LogP contribution in [0.4, 0.5) is 16.2 Å². The summed E-state index contributed by atoms with van der Waals surface area (Å²) in [5, 5.41) is 5.61. The molecule has 0 aliphatic rings. The molecule has 1 aromatic rings. The number of nitrogen functional groups attached to an aromatic ring is 1. The lowest BCUT2D eigenvalue weighted by Crippen LogP contribution is -2.38. The van der Waals surface area contributed by atoms with Gasteiger partial charge in [-0.15, -0.1) is 0 Å². The molecule has 0 aromatic heterocycles. The second kappa shape index (κ2) is 5.39. The van der Waals surface area contributed by atoms with E-state index >= 15 is 0 Å². The first kappa shape index (κ1) is 12.4. The fourth-order valence-corrected chi connectivity index (χ4v) is 1.11. The number of hydrogen-bond acceptors (Lipinski definition) is 2. The van der Waals surface area contributed by atoms with E-state index in [9.17, 15) is 4.79 Å². The summed E-state index contributed by atoms with van der Waals surface area (Å²) >= 11 is 0. The van der Waals surface area contributed by atoms with Crippen LogP contribution in [0.15, 0.2) is 24.3 Å². The lowest BCUT2D eigenvalue weighted by Gasteiger charge is -2.17. The van der Waals surface area contributed by atoms with Crippen LogP contribution in [0.3, 0.4) is 0 Å². The summed E-state index contributed by atoms with van der Waals surface area (Å²) < 4.78 is 0. The van der Waals surface area contributed by atoms with Crippen LogP contribution in [0, 0.1) is 5.92 Å². The monoisotopic (exact) mass is 221 g/mol. The van der Waals surface area contributed by atoms with Crippen LogP contribution in [-0.4, -0.2) is 12.1 Å². The molecular weight excluding hydrogens is 202 g/mol. The molecule has 0 fully saturated rings. The van der Waals surface area contributed by atoms with Crippen LogP contribution in [0.1, 0.15) is 20.8 Å². The Morgan fingerprint density at radius 1 is 1.19 bits per heavy atom. The summed E-state index contributed by atoms with van der Waals surface area (Å²) in [4.78, 5) is 11.6. The van der Waals surface area contributed by atoms with E-state index in [0.29, 0.717) is 11.6 Å². The Morgan fingerprint density at radius 3 is 2.25 bits per heavy atom. The Labute approximate surface area is 96.2 Å². The van der Waals surface area contributed by atoms with E-state index < -0.39 is 0 Å². The number of rotatable bonds is 3. The molecule has 16 heavy (non-hydrogen) atoms. The summed E-state index contributed by atoms with van der Waals surface area (Å²) in [7, 11) is 0. The molecule has 2 amide bonds. The third-order valence-corrected chi connectivity index (χ3v) is 2.53. The summed E-state index contributed by atoms with van der Waals surface area (Å²) in [6.07, 6.45) is 0. The van der Waals surface area contributed by atoms with Crippen molar-refractivity contribution >= 4 is 17.4 Å². The average Bonchev–Trinajstić information content (AvgIpc) is 2.21. The molecule has 0 aliphatic carbocycles. The van der Waals surface area contributed by atoms with E-state index in [1.807, 2.05) is 6.92 Å². The third-order valence-electron chi connectivity index (χ3n) is 2.53. The highest BCUT2D eigenvalue weighted by Crippen LogP contribution is 2.10. The van der Waals surface area contributed by atoms with Crippen molar-refractivity contribution in [2.24, 2.45) is 5.92 Å². The van der Waals surface area contributed by atoms with Gasteiger partial charge in [-0.2, -0.15) is 0 Å². The van der Waals surface area contributed by atoms with Gasteiger partial charge in [0, 0.05) is 17.4 Å². The van der Waals surface area contributed by atoms with Crippen LogP contribution in [0.2, 0.25) is 0 Å². The number of carbonyl (C=O) groups is 1. The summed E-state index contributed by atoms with van der Waals surface area (Å²) in [5.41, 5.74) is 6.97. The largest absolute Gasteiger partial charge is 0.399 e. The van der Waals surface area contributed by atoms with Gasteiger partial charge in [0.25, 0.3) is 0 Å². The van der Waals surface area contributed by atoms with E-state index in [0.717, 1.165) is 5.69 Å². The maximum Gasteiger partial charge on any atom is 0.319 e. The van der Waals surface area contributed by atoms with Crippen molar-refractivity contribution in [1.82, 2.24) is 5.32 Å². The highest BCUT2D eigenvalue weighted by Gasteiger charge is 2.10. The van der Waals surface area contributed by atoms with Crippen LogP contribution in [0.25, 0.3) is 0 Å². The minimum Gasteiger partial charge on any atom is -0.399 e. The summed E-state index contributed by atoms with van der Waals surface area (Å²) in [6, 6.07) is 7.01. The van der Waals surface area contributed by atoms with Crippen LogP contribution >= 0.6 is 0 Å². The standard InChI is InChI=1S/C12H19N3O/c1-8(2)9(3)14-12(16)15-11-6-4-10(13)5-7-11/h4-9H,13H2,1-3H3,(H2,14,15,16). The number of nitrogens with two attached hydrogens (primary N) is 1. The van der Waals surface area contributed by atoms with Gasteiger partial charge < -0.3 is 16.4 Å². The zero-order chi connectivity index (χ0) is 12.1. The Bertz CT molecular complexity index is 346. The van der Waals surface area contributed by atoms with Gasteiger partial charge in [-0.05, 0) is 37.1 Å². The van der Waals surface area contributed by atoms with Crippen molar-refractivity contribution in [3.05, 3.63) is 24.3 Å². The highest BCUT2D eigenvalue weighted by molar-refractivity contribution is 5.89. The Balaban J connectivity index is 2.48. The normalized spacial score (nSPS) is 12.2. The van der Waals surface area contributed by atoms with Gasteiger partial charge in [0.2, 0.25) is 0 Å². The number of amides is 2. The SMILES string of the molecule is CC(C)C(C)NC(=O)Nc1ccc(N)cc1. The first-order valence-electron chi connectivity index (χ1n) is 5.42. The highest BCUT2D eigenvalue weighted by atomic mass is 16.2. The first-order chi connectivity index (χ1) is 7.49. The minimum atomic E-state index is -0.189. The molecule has 0 heterocycles. The van der Waals surface area contributed by atoms with Crippen LogP contribution < -0.4 is 16.4 Å². The Morgan fingerprint density at radius 2 is 1.75 bits per heavy atom. The lowest BCUT2D eigenvalue weighted by molar-refractivity contribution is 0.246. The van der Waals surface area contributed by atoms with E-state index in [1.54, 1.807) is 24.3 Å². The molecule has 0 saturated heterocycles. The Hall–Kier alpha value is -1.71. The van der Waals surface area contributed by atoms with E-state index in [-0.39, 0.29) is 12.1 Å². The number of anilines is 2. The predicted octanol–water partition coefficient (Wildman–Crippen LogP) is 2.43. The molecule has 1 aromatic carbocycles. The zero-order valence-corrected chi connectivity index (χ0v) is 9.95. The van der Waals surface area contributed by atoms with Crippen molar-refractivity contribution in [2.75, 3.05) is 11.1 Å². The van der Waals surface area contributed by atoms with Crippen LogP contribution in [0.5, 0.6) is 0 Å². The molecule has 0 radical (unpaired) electrons. The Kier molecular flexibility index (Phi) is 4.17. The minimum absolute atomic E-state index is 0.147. The van der Waals surface area contributed by atoms with Gasteiger partial charge in [0.05, 0.1) is 0 Å². The van der Waals surface area contributed by atoms with E-state index in [1.165, 1.54) is 0 Å². The number of carbonyl (C=O) groups excluding carboxylic acids is 1. The quantitative estimate of drug-likeness (QED) is 0.686. The molecule has 0 bridgehead atoms. The van der Waals surface area contributed by atoms with Gasteiger partial charge in [0.1, 0.15) is 0 Å². The topological polar surface area (TPSA) is 67.2 Å². The summed E-state index contributed by atoms with van der Waals surface area (Å²) in [6.45, 7) is 6.11.